The van der Waals surface area contributed by atoms with E-state index in [9.17, 15) is 24.9 Å². The topological polar surface area (TPSA) is 170 Å². The number of rotatable bonds is 22. The van der Waals surface area contributed by atoms with E-state index in [0.29, 0.717) is 74.4 Å². The smallest absolute Gasteiger partial charge is 0.681 e. The van der Waals surface area contributed by atoms with Gasteiger partial charge in [-0.15, -0.1) is 33.1 Å². The van der Waals surface area contributed by atoms with Gasteiger partial charge in [0, 0.05) is 11.6 Å². The zero-order chi connectivity index (χ0) is 47.8. The fourth-order valence-corrected chi connectivity index (χ4v) is 10.4. The number of carbonyl (C=O) groups excluding carboxylic acids is 2. The third kappa shape index (κ3) is 12.3. The second kappa shape index (κ2) is 24.4. The molecule has 6 rings (SSSR count). The van der Waals surface area contributed by atoms with Gasteiger partial charge in [-0.2, -0.15) is 5.70 Å². The molecule has 12 heteroatoms. The molecule has 8 bridgehead atoms. The number of hydrogen-bond acceptors (Lipinski definition) is 7. The molecule has 0 saturated carbocycles. The Morgan fingerprint density at radius 1 is 0.836 bits per heavy atom. The van der Waals surface area contributed by atoms with Gasteiger partial charge in [0.2, 0.25) is 0 Å². The van der Waals surface area contributed by atoms with Gasteiger partial charge >= 0.3 is 35.0 Å². The number of carbonyl (C=O) groups is 2. The van der Waals surface area contributed by atoms with Gasteiger partial charge in [0.05, 0.1) is 6.61 Å². The van der Waals surface area contributed by atoms with Crippen LogP contribution in [0.15, 0.2) is 23.9 Å². The predicted octanol–water partition coefficient (Wildman–Crippen LogP) is 7.16. The summed E-state index contributed by atoms with van der Waals surface area (Å²) >= 11 is 0. The Morgan fingerprint density at radius 2 is 1.51 bits per heavy atom. The van der Waals surface area contributed by atoms with Gasteiger partial charge in [-0.25, -0.2) is 0 Å². The third-order valence-corrected chi connectivity index (χ3v) is 14.5. The molecule has 360 valence electrons. The molecule has 1 aliphatic carbocycles. The van der Waals surface area contributed by atoms with Gasteiger partial charge < -0.3 is 45.1 Å². The molecule has 6 atom stereocenters. The zero-order valence-corrected chi connectivity index (χ0v) is 43.1. The SMILES string of the molecule is C=Cc1c2[n-]c(c1CO)/C=C1\[N-]C(C3=c4[n-]c(c(C)c4=C(O)[C@H]3C(=O)OCO)/C=c3\[n-]/c(c(C)c3CC)=C\2)[C@@H](CCC(=O)OC/C=C(\C)CCC[C@H](C)CCC[C@H](C)CCCC(C)C)[C@@H]1C.[Mg+2]. The molecule has 1 fully saturated rings. The van der Waals surface area contributed by atoms with Crippen molar-refractivity contribution in [1.29, 1.82) is 0 Å². The minimum atomic E-state index is -1.27. The van der Waals surface area contributed by atoms with Gasteiger partial charge in [-0.1, -0.05) is 151 Å². The largest absolute Gasteiger partial charge is 2.00 e. The van der Waals surface area contributed by atoms with Gasteiger partial charge in [0.1, 0.15) is 18.3 Å². The van der Waals surface area contributed by atoms with Crippen LogP contribution in [-0.2, 0) is 32.1 Å². The summed E-state index contributed by atoms with van der Waals surface area (Å²) in [5, 5.41) is 39.9. The summed E-state index contributed by atoms with van der Waals surface area (Å²) < 4.78 is 10.9. The first-order valence-electron chi connectivity index (χ1n) is 24.5. The van der Waals surface area contributed by atoms with Crippen LogP contribution >= 0.6 is 0 Å². The van der Waals surface area contributed by atoms with Crippen LogP contribution in [0.3, 0.4) is 0 Å². The van der Waals surface area contributed by atoms with E-state index in [1.54, 1.807) is 6.08 Å². The van der Waals surface area contributed by atoms with Crippen molar-refractivity contribution in [2.45, 2.75) is 152 Å². The molecular formula is C55H74MgN4O7-2. The molecule has 1 saturated heterocycles. The predicted molar refractivity (Wildman–Crippen MR) is 268 cm³/mol. The summed E-state index contributed by atoms with van der Waals surface area (Å²) in [7, 11) is 0. The van der Waals surface area contributed by atoms with Gasteiger partial charge in [-0.05, 0) is 93.2 Å². The zero-order valence-electron chi connectivity index (χ0n) is 41.7. The van der Waals surface area contributed by atoms with Crippen molar-refractivity contribution in [3.8, 4) is 0 Å². The number of aliphatic hydroxyl groups excluding tert-OH is 3. The van der Waals surface area contributed by atoms with Crippen molar-refractivity contribution < 1.29 is 34.4 Å². The molecule has 0 aromatic carbocycles. The Kier molecular flexibility index (Phi) is 19.5. The third-order valence-electron chi connectivity index (χ3n) is 14.5. The van der Waals surface area contributed by atoms with E-state index >= 15 is 0 Å². The number of nitrogens with zero attached hydrogens (tertiary/aromatic N) is 4. The van der Waals surface area contributed by atoms with Crippen LogP contribution in [0.5, 0.6) is 0 Å². The standard InChI is InChI=1S/C55H74N4O7.Mg/c1-11-38-35(8)42-26-46-39(12-2)41(29-60)47(57-46)27-43-36(9)40(22-23-48(62)65-25-24-34(7)21-15-20-33(6)19-14-18-32(5)17-13-16-31(3)4)52(58-43)50-51(55(64)66-30-61)54(63)49-37(10)44(59-53(49)50)28-45(38)56-42;/h12,24,26-28,31-33,36,40,51-52,60-61,63H,2,11,13-23,25,29-30H2,1,3-10H3;/q-4;+2/b34-24+,42-26-,43-27-,45-28-;/t32-,33-,36+,40+,51+,52?;/m1./s1. The molecule has 67 heavy (non-hydrogen) atoms. The Bertz CT molecular complexity index is 2560. The monoisotopic (exact) mass is 927 g/mol. The second-order valence-corrected chi connectivity index (χ2v) is 19.7. The Morgan fingerprint density at radius 3 is 2.15 bits per heavy atom. The van der Waals surface area contributed by atoms with Crippen LogP contribution in [0, 0.1) is 49.4 Å². The molecule has 0 radical (unpaired) electrons. The molecule has 1 unspecified atom stereocenters. The first-order chi connectivity index (χ1) is 31.6. The first kappa shape index (κ1) is 53.7. The maximum Gasteiger partial charge on any atom is 2.00 e. The summed E-state index contributed by atoms with van der Waals surface area (Å²) in [5.74, 6) is -0.944. The van der Waals surface area contributed by atoms with Crippen molar-refractivity contribution in [3.05, 3.63) is 95.4 Å². The Labute approximate surface area is 414 Å². The fraction of sp³-hybridized carbons (Fsp3) is 0.564. The molecule has 3 aliphatic rings. The number of fused-ring (bicyclic) bond motifs is 8. The molecule has 3 aromatic heterocycles. The van der Waals surface area contributed by atoms with Crippen LogP contribution in [0.25, 0.3) is 41.0 Å². The molecule has 3 aromatic rings. The number of ether oxygens (including phenoxy) is 2. The number of esters is 2. The van der Waals surface area contributed by atoms with Gasteiger partial charge in [0.25, 0.3) is 0 Å². The summed E-state index contributed by atoms with van der Waals surface area (Å²) in [6.45, 7) is 22.6. The van der Waals surface area contributed by atoms with E-state index in [-0.39, 0.29) is 66.3 Å². The first-order valence-corrected chi connectivity index (χ1v) is 24.5. The van der Waals surface area contributed by atoms with Crippen LogP contribution < -0.4 is 36.2 Å². The molecule has 3 N–H and O–H groups in total. The van der Waals surface area contributed by atoms with Gasteiger partial charge in [-0.3, -0.25) is 9.59 Å². The summed E-state index contributed by atoms with van der Waals surface area (Å²) in [4.78, 5) is 42.3. The van der Waals surface area contributed by atoms with Gasteiger partial charge in [0.15, 0.2) is 6.79 Å². The maximum atomic E-state index is 13.7. The average Bonchev–Trinajstić information content (AvgIpc) is 4.03. The normalized spacial score (nSPS) is 21.4. The van der Waals surface area contributed by atoms with E-state index in [4.69, 9.17) is 29.7 Å². The molecular weight excluding hydrogens is 853 g/mol. The number of aliphatic hydroxyl groups is 3. The van der Waals surface area contributed by atoms with E-state index in [1.165, 1.54) is 50.5 Å². The van der Waals surface area contributed by atoms with E-state index < -0.39 is 24.7 Å². The maximum absolute atomic E-state index is 13.7. The fourth-order valence-electron chi connectivity index (χ4n) is 10.4. The summed E-state index contributed by atoms with van der Waals surface area (Å²) in [6.07, 6.45) is 21.7. The van der Waals surface area contributed by atoms with Crippen molar-refractivity contribution in [2.75, 3.05) is 13.4 Å². The van der Waals surface area contributed by atoms with Crippen molar-refractivity contribution in [2.24, 2.45) is 35.5 Å². The summed E-state index contributed by atoms with van der Waals surface area (Å²) in [6, 6.07) is -0.717. The minimum Gasteiger partial charge on any atom is -0.681 e. The van der Waals surface area contributed by atoms with E-state index in [1.807, 2.05) is 45.1 Å². The van der Waals surface area contributed by atoms with Crippen LogP contribution in [0.4, 0.5) is 0 Å². The molecule has 5 heterocycles. The van der Waals surface area contributed by atoms with Crippen molar-refractivity contribution >= 4 is 70.6 Å². The number of aromatic nitrogens is 3. The van der Waals surface area contributed by atoms with Crippen LogP contribution in [0.1, 0.15) is 164 Å². The van der Waals surface area contributed by atoms with Crippen molar-refractivity contribution in [3.63, 3.8) is 0 Å². The number of allylic oxidation sites excluding steroid dienone is 2. The van der Waals surface area contributed by atoms with E-state index in [0.717, 1.165) is 46.5 Å². The Balaban J connectivity index is 0.00000840. The molecule has 0 amide bonds. The average molecular weight is 928 g/mol. The quantitative estimate of drug-likeness (QED) is 0.0407. The van der Waals surface area contributed by atoms with Crippen LogP contribution in [0.2, 0.25) is 0 Å². The van der Waals surface area contributed by atoms with E-state index in [2.05, 4.69) is 48.1 Å². The van der Waals surface area contributed by atoms with Crippen molar-refractivity contribution in [1.82, 2.24) is 15.0 Å². The molecule has 2 aliphatic heterocycles. The number of hydrogen-bond donors (Lipinski definition) is 3. The minimum absolute atomic E-state index is 0. The molecule has 11 nitrogen and oxygen atoms in total. The van der Waals surface area contributed by atoms with Crippen LogP contribution in [-0.4, -0.2) is 69.8 Å². The molecule has 0 spiro atoms. The summed E-state index contributed by atoms with van der Waals surface area (Å²) in [5.41, 5.74) is 8.07. The second-order valence-electron chi connectivity index (χ2n) is 19.7. The Hall–Kier alpha value is -4.23.